The maximum Gasteiger partial charge on any atom is 0.419 e. The Bertz CT molecular complexity index is 550. The zero-order chi connectivity index (χ0) is 13.2. The predicted octanol–water partition coefficient (Wildman–Crippen LogP) is 4.20. The maximum atomic E-state index is 12.7. The molecule has 0 unspecified atom stereocenters. The van der Waals surface area contributed by atoms with Gasteiger partial charge in [-0.3, -0.25) is 0 Å². The Labute approximate surface area is 101 Å². The Morgan fingerprint density at radius 3 is 2.00 bits per heavy atom. The molecule has 1 N–H and O–H groups in total. The van der Waals surface area contributed by atoms with E-state index in [1.165, 1.54) is 30.3 Å². The van der Waals surface area contributed by atoms with E-state index in [1.807, 2.05) is 0 Å². The molecule has 94 valence electrons. The summed E-state index contributed by atoms with van der Waals surface area (Å²) in [5.74, 6) is -0.574. The van der Waals surface area contributed by atoms with Gasteiger partial charge in [0.25, 0.3) is 0 Å². The molecule has 2 aromatic rings. The molecule has 0 aliphatic heterocycles. The molecule has 2 nitrogen and oxygen atoms in total. The lowest BCUT2D eigenvalue weighted by Crippen LogP contribution is -2.06. The molecule has 0 heterocycles. The van der Waals surface area contributed by atoms with Crippen LogP contribution in [0.5, 0.6) is 17.2 Å². The zero-order valence-electron chi connectivity index (χ0n) is 9.11. The summed E-state index contributed by atoms with van der Waals surface area (Å²) in [6, 6.07) is 10.7. The minimum atomic E-state index is -4.50. The number of ether oxygens (including phenoxy) is 1. The molecule has 0 bridgehead atoms. The van der Waals surface area contributed by atoms with Gasteiger partial charge in [0.05, 0.1) is 5.56 Å². The molecule has 2 rings (SSSR count). The van der Waals surface area contributed by atoms with Crippen LogP contribution in [0.1, 0.15) is 5.56 Å². The van der Waals surface area contributed by atoms with Gasteiger partial charge in [-0.05, 0) is 24.3 Å². The van der Waals surface area contributed by atoms with Gasteiger partial charge < -0.3 is 9.84 Å². The molecule has 0 amide bonds. The third-order valence-corrected chi connectivity index (χ3v) is 2.28. The number of phenols is 1. The van der Waals surface area contributed by atoms with E-state index >= 15 is 0 Å². The Balaban J connectivity index is 2.39. The largest absolute Gasteiger partial charge is 0.504 e. The van der Waals surface area contributed by atoms with Gasteiger partial charge in [-0.25, -0.2) is 0 Å². The van der Waals surface area contributed by atoms with Crippen molar-refractivity contribution in [3.8, 4) is 17.2 Å². The minimum absolute atomic E-state index is 0.0193. The Morgan fingerprint density at radius 2 is 1.39 bits per heavy atom. The maximum absolute atomic E-state index is 12.7. The molecule has 0 saturated carbocycles. The van der Waals surface area contributed by atoms with Crippen molar-refractivity contribution >= 4 is 0 Å². The number of aromatic hydroxyl groups is 1. The van der Waals surface area contributed by atoms with Crippen LogP contribution in [0.3, 0.4) is 0 Å². The van der Waals surface area contributed by atoms with Gasteiger partial charge in [0.15, 0.2) is 11.5 Å². The number of hydrogen-bond donors (Lipinski definition) is 1. The van der Waals surface area contributed by atoms with Gasteiger partial charge in [-0.15, -0.1) is 0 Å². The molecular weight excluding hydrogens is 245 g/mol. The van der Waals surface area contributed by atoms with E-state index in [4.69, 9.17) is 4.74 Å². The molecule has 0 atom stereocenters. The lowest BCUT2D eigenvalue weighted by Gasteiger charge is -2.13. The zero-order valence-corrected chi connectivity index (χ0v) is 9.11. The lowest BCUT2D eigenvalue weighted by atomic mass is 10.2. The van der Waals surface area contributed by atoms with Gasteiger partial charge in [-0.1, -0.05) is 24.3 Å². The van der Waals surface area contributed by atoms with Crippen molar-refractivity contribution in [1.82, 2.24) is 0 Å². The summed E-state index contributed by atoms with van der Waals surface area (Å²) < 4.78 is 43.2. The number of benzene rings is 2. The first-order chi connectivity index (χ1) is 8.48. The second-order valence-electron chi connectivity index (χ2n) is 3.56. The van der Waals surface area contributed by atoms with E-state index in [9.17, 15) is 18.3 Å². The minimum Gasteiger partial charge on any atom is -0.504 e. The smallest absolute Gasteiger partial charge is 0.419 e. The van der Waals surface area contributed by atoms with Crippen LogP contribution in [0.2, 0.25) is 0 Å². The van der Waals surface area contributed by atoms with Crippen LogP contribution in [-0.4, -0.2) is 5.11 Å². The molecule has 0 aromatic heterocycles. The van der Waals surface area contributed by atoms with Crippen molar-refractivity contribution in [2.45, 2.75) is 6.18 Å². The van der Waals surface area contributed by atoms with Crippen molar-refractivity contribution < 1.29 is 23.0 Å². The number of phenolic OH excluding ortho intramolecular Hbond substituents is 1. The quantitative estimate of drug-likeness (QED) is 0.870. The number of alkyl halides is 3. The summed E-state index contributed by atoms with van der Waals surface area (Å²) in [6.45, 7) is 0. The molecule has 0 aliphatic carbocycles. The summed E-state index contributed by atoms with van der Waals surface area (Å²) >= 11 is 0. The molecule has 2 aromatic carbocycles. The van der Waals surface area contributed by atoms with E-state index in [2.05, 4.69) is 0 Å². The summed E-state index contributed by atoms with van der Waals surface area (Å²) in [7, 11) is 0. The summed E-state index contributed by atoms with van der Waals surface area (Å²) in [5.41, 5.74) is -0.881. The molecule has 0 aliphatic rings. The number of halogens is 3. The molecule has 0 fully saturated rings. The van der Waals surface area contributed by atoms with Gasteiger partial charge in [0.1, 0.15) is 5.75 Å². The lowest BCUT2D eigenvalue weighted by molar-refractivity contribution is -0.138. The monoisotopic (exact) mass is 254 g/mol. The SMILES string of the molecule is Oc1ccccc1Oc1ccccc1C(F)(F)F. The fraction of sp³-hybridized carbons (Fsp3) is 0.0769. The third-order valence-electron chi connectivity index (χ3n) is 2.28. The number of rotatable bonds is 2. The third kappa shape index (κ3) is 2.56. The van der Waals surface area contributed by atoms with Crippen LogP contribution < -0.4 is 4.74 Å². The molecule has 18 heavy (non-hydrogen) atoms. The van der Waals surface area contributed by atoms with Crippen LogP contribution in [-0.2, 0) is 6.18 Å². The molecular formula is C13H9F3O2. The Hall–Kier alpha value is -2.17. The fourth-order valence-electron chi connectivity index (χ4n) is 1.45. The van der Waals surface area contributed by atoms with Crippen LogP contribution in [0.25, 0.3) is 0 Å². The fourth-order valence-corrected chi connectivity index (χ4v) is 1.45. The van der Waals surface area contributed by atoms with Crippen molar-refractivity contribution in [3.05, 3.63) is 54.1 Å². The Morgan fingerprint density at radius 1 is 0.833 bits per heavy atom. The van der Waals surface area contributed by atoms with Crippen LogP contribution in [0.15, 0.2) is 48.5 Å². The van der Waals surface area contributed by atoms with Gasteiger partial charge in [0.2, 0.25) is 0 Å². The van der Waals surface area contributed by atoms with Crippen molar-refractivity contribution in [2.75, 3.05) is 0 Å². The average Bonchev–Trinajstić information content (AvgIpc) is 2.31. The first-order valence-electron chi connectivity index (χ1n) is 5.10. The Kier molecular flexibility index (Phi) is 3.14. The first-order valence-corrected chi connectivity index (χ1v) is 5.10. The van der Waals surface area contributed by atoms with Crippen LogP contribution >= 0.6 is 0 Å². The van der Waals surface area contributed by atoms with E-state index in [0.29, 0.717) is 0 Å². The van der Waals surface area contributed by atoms with Crippen molar-refractivity contribution in [1.29, 1.82) is 0 Å². The molecule has 0 spiro atoms. The highest BCUT2D eigenvalue weighted by Crippen LogP contribution is 2.39. The molecule has 0 saturated heterocycles. The first kappa shape index (κ1) is 12.3. The van der Waals surface area contributed by atoms with Crippen LogP contribution in [0.4, 0.5) is 13.2 Å². The van der Waals surface area contributed by atoms with E-state index in [1.54, 1.807) is 12.1 Å². The van der Waals surface area contributed by atoms with E-state index in [-0.39, 0.29) is 17.2 Å². The normalized spacial score (nSPS) is 11.3. The molecule has 5 heteroatoms. The number of hydrogen-bond acceptors (Lipinski definition) is 2. The van der Waals surface area contributed by atoms with Crippen LogP contribution in [0, 0.1) is 0 Å². The molecule has 0 radical (unpaired) electrons. The van der Waals surface area contributed by atoms with E-state index < -0.39 is 11.7 Å². The summed E-state index contributed by atoms with van der Waals surface area (Å²) in [4.78, 5) is 0. The topological polar surface area (TPSA) is 29.5 Å². The highest BCUT2D eigenvalue weighted by atomic mass is 19.4. The van der Waals surface area contributed by atoms with Gasteiger partial charge in [0, 0.05) is 0 Å². The van der Waals surface area contributed by atoms with Crippen molar-refractivity contribution in [2.24, 2.45) is 0 Å². The van der Waals surface area contributed by atoms with E-state index in [0.717, 1.165) is 6.07 Å². The highest BCUT2D eigenvalue weighted by molar-refractivity contribution is 5.44. The van der Waals surface area contributed by atoms with Crippen molar-refractivity contribution in [3.63, 3.8) is 0 Å². The summed E-state index contributed by atoms with van der Waals surface area (Å²) in [5, 5.41) is 9.46. The average molecular weight is 254 g/mol. The number of para-hydroxylation sites is 3. The second-order valence-corrected chi connectivity index (χ2v) is 3.56. The van der Waals surface area contributed by atoms with Gasteiger partial charge in [-0.2, -0.15) is 13.2 Å². The standard InChI is InChI=1S/C13H9F3O2/c14-13(15,16)9-5-1-3-7-11(9)18-12-8-4-2-6-10(12)17/h1-8,17H. The second kappa shape index (κ2) is 4.60. The predicted molar refractivity (Wildman–Crippen MR) is 59.6 cm³/mol. The highest BCUT2D eigenvalue weighted by Gasteiger charge is 2.34. The summed E-state index contributed by atoms with van der Waals surface area (Å²) in [6.07, 6.45) is -4.50. The van der Waals surface area contributed by atoms with Gasteiger partial charge >= 0.3 is 6.18 Å².